The van der Waals surface area contributed by atoms with Gasteiger partial charge in [-0.05, 0) is 37.3 Å². The minimum atomic E-state index is -0.181. The van der Waals surface area contributed by atoms with E-state index >= 15 is 0 Å². The van der Waals surface area contributed by atoms with E-state index in [0.717, 1.165) is 22.3 Å². The third-order valence-corrected chi connectivity index (χ3v) is 5.76. The van der Waals surface area contributed by atoms with Crippen molar-refractivity contribution in [3.8, 4) is 22.8 Å². The largest absolute Gasteiger partial charge is 0.497 e. The van der Waals surface area contributed by atoms with Crippen LogP contribution < -0.4 is 15.7 Å². The van der Waals surface area contributed by atoms with Crippen LogP contribution in [-0.4, -0.2) is 16.5 Å². The Morgan fingerprint density at radius 2 is 1.61 bits per heavy atom. The Kier molecular flexibility index (Phi) is 5.18. The van der Waals surface area contributed by atoms with Gasteiger partial charge in [-0.1, -0.05) is 48.5 Å². The maximum Gasteiger partial charge on any atom is 0.297 e. The molecule has 6 heteroatoms. The van der Waals surface area contributed by atoms with E-state index in [2.05, 4.69) is 0 Å². The lowest BCUT2D eigenvalue weighted by Crippen LogP contribution is -2.19. The van der Waals surface area contributed by atoms with Gasteiger partial charge < -0.3 is 9.15 Å². The molecular formula is C27H23N3O3. The van der Waals surface area contributed by atoms with Gasteiger partial charge >= 0.3 is 0 Å². The zero-order valence-corrected chi connectivity index (χ0v) is 18.6. The summed E-state index contributed by atoms with van der Waals surface area (Å²) >= 11 is 0. The molecule has 3 aromatic carbocycles. The van der Waals surface area contributed by atoms with Gasteiger partial charge in [0.05, 0.1) is 23.8 Å². The molecule has 0 atom stereocenters. The van der Waals surface area contributed by atoms with Gasteiger partial charge in [-0.25, -0.2) is 9.67 Å². The Balaban J connectivity index is 1.81. The molecule has 0 aliphatic carbocycles. The minimum absolute atomic E-state index is 0.181. The second kappa shape index (κ2) is 8.31. The van der Waals surface area contributed by atoms with Crippen LogP contribution in [0.1, 0.15) is 5.69 Å². The number of nitrogens with zero attached hydrogens (tertiary/aromatic N) is 3. The zero-order chi connectivity index (χ0) is 22.9. The lowest BCUT2D eigenvalue weighted by molar-refractivity contribution is 0.415. The summed E-state index contributed by atoms with van der Waals surface area (Å²) in [7, 11) is 3.48. The monoisotopic (exact) mass is 437 g/mol. The van der Waals surface area contributed by atoms with Crippen LogP contribution in [0.2, 0.25) is 0 Å². The summed E-state index contributed by atoms with van der Waals surface area (Å²) in [4.78, 5) is 18.3. The molecule has 5 rings (SSSR count). The lowest BCUT2D eigenvalue weighted by atomic mass is 10.1. The number of benzene rings is 3. The second-order valence-electron chi connectivity index (χ2n) is 7.75. The first-order valence-electron chi connectivity index (χ1n) is 10.6. The number of methoxy groups -OCH3 is 1. The van der Waals surface area contributed by atoms with E-state index in [1.165, 1.54) is 0 Å². The molecule has 0 N–H and O–H groups in total. The molecule has 0 aliphatic heterocycles. The minimum Gasteiger partial charge on any atom is -0.497 e. The molecule has 0 bridgehead atoms. The van der Waals surface area contributed by atoms with Crippen LogP contribution in [0.5, 0.6) is 5.75 Å². The molecule has 5 aromatic rings. The highest BCUT2D eigenvalue weighted by molar-refractivity contribution is 5.80. The van der Waals surface area contributed by atoms with Gasteiger partial charge in [-0.3, -0.25) is 9.48 Å². The Hall–Kier alpha value is -4.32. The lowest BCUT2D eigenvalue weighted by Gasteiger charge is -2.07. The number of fused-ring (bicyclic) bond motifs is 1. The number of ether oxygens (including phenoxy) is 1. The zero-order valence-electron chi connectivity index (χ0n) is 18.6. The molecule has 0 saturated carbocycles. The quantitative estimate of drug-likeness (QED) is 0.391. The third-order valence-electron chi connectivity index (χ3n) is 5.76. The molecule has 0 saturated heterocycles. The molecule has 6 nitrogen and oxygen atoms in total. The van der Waals surface area contributed by atoms with E-state index in [0.29, 0.717) is 28.1 Å². The van der Waals surface area contributed by atoms with Gasteiger partial charge in [-0.2, -0.15) is 0 Å². The predicted molar refractivity (Wildman–Crippen MR) is 129 cm³/mol. The van der Waals surface area contributed by atoms with E-state index in [1.807, 2.05) is 104 Å². The van der Waals surface area contributed by atoms with E-state index < -0.39 is 0 Å². The van der Waals surface area contributed by atoms with Crippen LogP contribution in [-0.2, 0) is 7.05 Å². The number of hydrogen-bond donors (Lipinski definition) is 0. The fraction of sp³-hybridized carbons (Fsp3) is 0.111. The summed E-state index contributed by atoms with van der Waals surface area (Å²) < 4.78 is 15.0. The molecule has 0 fully saturated rings. The van der Waals surface area contributed by atoms with Gasteiger partial charge in [0.2, 0.25) is 0 Å². The molecule has 0 aliphatic rings. The summed E-state index contributed by atoms with van der Waals surface area (Å²) in [5.74, 6) is 1.36. The van der Waals surface area contributed by atoms with Crippen LogP contribution in [0.4, 0.5) is 5.69 Å². The molecule has 0 amide bonds. The second-order valence-corrected chi connectivity index (χ2v) is 7.75. The molecule has 2 aromatic heterocycles. The standard InChI is InChI=1S/C27H23N3O3/c1-18-26(27(31)30(29(18)2)20-12-8-5-9-13-20)28-23-17-25(19-10-6-4-7-11-19)33-24-15-14-21(32-3)16-22(23)24/h4-17H,1-3H3. The van der Waals surface area contributed by atoms with Crippen molar-refractivity contribution in [2.45, 2.75) is 6.92 Å². The Morgan fingerprint density at radius 1 is 0.909 bits per heavy atom. The molecule has 0 unspecified atom stereocenters. The van der Waals surface area contributed by atoms with Crippen LogP contribution in [0, 0.1) is 6.92 Å². The van der Waals surface area contributed by atoms with Crippen LogP contribution >= 0.6 is 0 Å². The van der Waals surface area contributed by atoms with Gasteiger partial charge in [0.15, 0.2) is 5.69 Å². The molecular weight excluding hydrogens is 414 g/mol. The van der Waals surface area contributed by atoms with Gasteiger partial charge in [0, 0.05) is 24.1 Å². The molecule has 2 heterocycles. The van der Waals surface area contributed by atoms with E-state index in [1.54, 1.807) is 11.8 Å². The molecule has 164 valence electrons. The van der Waals surface area contributed by atoms with Crippen LogP contribution in [0.15, 0.2) is 99.1 Å². The highest BCUT2D eigenvalue weighted by atomic mass is 16.5. The summed E-state index contributed by atoms with van der Waals surface area (Å²) in [6.07, 6.45) is 0. The fourth-order valence-electron chi connectivity index (χ4n) is 3.92. The molecule has 33 heavy (non-hydrogen) atoms. The van der Waals surface area contributed by atoms with Crippen LogP contribution in [0.3, 0.4) is 0 Å². The van der Waals surface area contributed by atoms with E-state index in [9.17, 15) is 4.79 Å². The van der Waals surface area contributed by atoms with Gasteiger partial charge in [-0.15, -0.1) is 0 Å². The average molecular weight is 437 g/mol. The highest BCUT2D eigenvalue weighted by Crippen LogP contribution is 2.25. The van der Waals surface area contributed by atoms with Crippen molar-refractivity contribution in [3.63, 3.8) is 0 Å². The van der Waals surface area contributed by atoms with Gasteiger partial charge in [0.1, 0.15) is 17.1 Å². The first-order chi connectivity index (χ1) is 16.1. The van der Waals surface area contributed by atoms with Crippen molar-refractivity contribution in [1.82, 2.24) is 9.36 Å². The number of rotatable bonds is 4. The Bertz CT molecular complexity index is 1580. The summed E-state index contributed by atoms with van der Waals surface area (Å²) in [6.45, 7) is 1.90. The topological polar surface area (TPSA) is 61.7 Å². The summed E-state index contributed by atoms with van der Waals surface area (Å²) in [6, 6.07) is 26.8. The fourth-order valence-corrected chi connectivity index (χ4v) is 3.92. The average Bonchev–Trinajstić information content (AvgIpc) is 3.07. The maximum atomic E-state index is 13.4. The number of para-hydroxylation sites is 1. The van der Waals surface area contributed by atoms with Crippen molar-refractivity contribution in [3.05, 3.63) is 106 Å². The first kappa shape index (κ1) is 20.6. The number of hydrogen-bond acceptors (Lipinski definition) is 4. The van der Waals surface area contributed by atoms with Gasteiger partial charge in [0.25, 0.3) is 5.56 Å². The van der Waals surface area contributed by atoms with E-state index in [4.69, 9.17) is 14.1 Å². The smallest absolute Gasteiger partial charge is 0.297 e. The highest BCUT2D eigenvalue weighted by Gasteiger charge is 2.16. The molecule has 0 radical (unpaired) electrons. The maximum absolute atomic E-state index is 13.4. The van der Waals surface area contributed by atoms with Crippen LogP contribution in [0.25, 0.3) is 28.0 Å². The van der Waals surface area contributed by atoms with Crippen molar-refractivity contribution in [2.24, 2.45) is 12.0 Å². The normalized spacial score (nSPS) is 11.8. The SMILES string of the molecule is COc1ccc2oc(-c3ccccc3)cc(=Nc3c(C)n(C)n(-c4ccccc4)c3=O)c2c1. The third kappa shape index (κ3) is 3.65. The summed E-state index contributed by atoms with van der Waals surface area (Å²) in [5.41, 5.74) is 3.34. The Labute approximate surface area is 190 Å². The van der Waals surface area contributed by atoms with Crippen molar-refractivity contribution in [2.75, 3.05) is 7.11 Å². The molecule has 0 spiro atoms. The van der Waals surface area contributed by atoms with Crippen molar-refractivity contribution in [1.29, 1.82) is 0 Å². The number of aromatic nitrogens is 2. The first-order valence-corrected chi connectivity index (χ1v) is 10.6. The van der Waals surface area contributed by atoms with Crippen molar-refractivity contribution < 1.29 is 9.15 Å². The Morgan fingerprint density at radius 3 is 2.30 bits per heavy atom. The predicted octanol–water partition coefficient (Wildman–Crippen LogP) is 5.14. The van der Waals surface area contributed by atoms with Crippen molar-refractivity contribution >= 4 is 16.7 Å². The summed E-state index contributed by atoms with van der Waals surface area (Å²) in [5, 5.41) is 1.41. The van der Waals surface area contributed by atoms with E-state index in [-0.39, 0.29) is 5.56 Å².